The molecule has 0 bridgehead atoms. The van der Waals surface area contributed by atoms with Gasteiger partial charge in [-0.05, 0) is 50.0 Å². The van der Waals surface area contributed by atoms with Gasteiger partial charge in [0.05, 0.1) is 0 Å². The highest BCUT2D eigenvalue weighted by Crippen LogP contribution is 2.29. The van der Waals surface area contributed by atoms with Gasteiger partial charge in [0.1, 0.15) is 0 Å². The lowest BCUT2D eigenvalue weighted by atomic mass is 9.84. The molecule has 98 valence electrons. The van der Waals surface area contributed by atoms with Crippen molar-refractivity contribution in [3.63, 3.8) is 0 Å². The molecular formula is C16H23NS. The van der Waals surface area contributed by atoms with Crippen molar-refractivity contribution >= 4 is 17.4 Å². The zero-order chi connectivity index (χ0) is 13.0. The fourth-order valence-electron chi connectivity index (χ4n) is 2.89. The minimum absolute atomic E-state index is 0.737. The van der Waals surface area contributed by atoms with E-state index in [4.69, 9.17) is 0 Å². The second-order valence-corrected chi connectivity index (χ2v) is 6.23. The van der Waals surface area contributed by atoms with Gasteiger partial charge in [-0.25, -0.2) is 0 Å². The van der Waals surface area contributed by atoms with Crippen molar-refractivity contribution in [2.75, 3.05) is 18.1 Å². The molecule has 0 fully saturated rings. The van der Waals surface area contributed by atoms with Crippen molar-refractivity contribution in [3.8, 4) is 0 Å². The lowest BCUT2D eigenvalue weighted by Crippen LogP contribution is -2.20. The minimum Gasteiger partial charge on any atom is -0.384 e. The quantitative estimate of drug-likeness (QED) is 0.616. The molecule has 2 unspecified atom stereocenters. The maximum absolute atomic E-state index is 3.63. The van der Waals surface area contributed by atoms with Gasteiger partial charge in [0.15, 0.2) is 0 Å². The fraction of sp³-hybridized carbons (Fsp3) is 0.500. The number of nitrogens with one attached hydrogen (secondary N) is 1. The molecule has 2 heteroatoms. The summed E-state index contributed by atoms with van der Waals surface area (Å²) in [7, 11) is 0. The Morgan fingerprint density at radius 2 is 2.11 bits per heavy atom. The van der Waals surface area contributed by atoms with Crippen molar-refractivity contribution in [1.82, 2.24) is 0 Å². The molecule has 2 atom stereocenters. The van der Waals surface area contributed by atoms with Gasteiger partial charge < -0.3 is 5.32 Å². The highest BCUT2D eigenvalue weighted by molar-refractivity contribution is 7.98. The van der Waals surface area contributed by atoms with Crippen molar-refractivity contribution in [3.05, 3.63) is 35.9 Å². The minimum atomic E-state index is 0.737. The summed E-state index contributed by atoms with van der Waals surface area (Å²) >= 11 is 1.81. The molecule has 1 aliphatic carbocycles. The molecule has 0 heterocycles. The molecule has 0 spiro atoms. The van der Waals surface area contributed by atoms with Crippen LogP contribution in [0, 0.1) is 11.8 Å². The Labute approximate surface area is 115 Å². The summed E-state index contributed by atoms with van der Waals surface area (Å²) in [6, 6.07) is 8.58. The van der Waals surface area contributed by atoms with Crippen LogP contribution in [0.4, 0.5) is 5.69 Å². The van der Waals surface area contributed by atoms with Crippen LogP contribution in [0.5, 0.6) is 0 Å². The van der Waals surface area contributed by atoms with E-state index >= 15 is 0 Å². The fourth-order valence-corrected chi connectivity index (χ4v) is 3.46. The molecule has 0 radical (unpaired) electrons. The van der Waals surface area contributed by atoms with E-state index in [1.54, 1.807) is 5.57 Å². The van der Waals surface area contributed by atoms with E-state index in [1.165, 1.54) is 23.4 Å². The molecule has 18 heavy (non-hydrogen) atoms. The molecule has 1 aromatic rings. The standard InChI is InChI=1S/C16H23NS/c1-12-8-13(2)10-14(9-12)11-17-15-6-4-5-7-16(15)18-3/h4-8,12,14,17H,9-11H2,1-3H3. The largest absolute Gasteiger partial charge is 0.384 e. The Bertz CT molecular complexity index is 425. The summed E-state index contributed by atoms with van der Waals surface area (Å²) in [5.41, 5.74) is 2.84. The smallest absolute Gasteiger partial charge is 0.0478 e. The second-order valence-electron chi connectivity index (χ2n) is 5.38. The zero-order valence-corrected chi connectivity index (χ0v) is 12.4. The van der Waals surface area contributed by atoms with Crippen LogP contribution in [-0.2, 0) is 0 Å². The number of hydrogen-bond acceptors (Lipinski definition) is 2. The van der Waals surface area contributed by atoms with Crippen LogP contribution in [-0.4, -0.2) is 12.8 Å². The Morgan fingerprint density at radius 3 is 2.83 bits per heavy atom. The van der Waals surface area contributed by atoms with E-state index in [2.05, 4.69) is 55.8 Å². The molecular weight excluding hydrogens is 238 g/mol. The van der Waals surface area contributed by atoms with Crippen LogP contribution in [0.25, 0.3) is 0 Å². The van der Waals surface area contributed by atoms with E-state index in [9.17, 15) is 0 Å². The Kier molecular flexibility index (Phi) is 4.76. The third-order valence-corrected chi connectivity index (χ3v) is 4.37. The van der Waals surface area contributed by atoms with E-state index < -0.39 is 0 Å². The van der Waals surface area contributed by atoms with Gasteiger partial charge in [-0.1, -0.05) is 30.7 Å². The normalized spacial score (nSPS) is 23.6. The zero-order valence-electron chi connectivity index (χ0n) is 11.6. The Morgan fingerprint density at radius 1 is 1.33 bits per heavy atom. The number of rotatable bonds is 4. The van der Waals surface area contributed by atoms with Crippen LogP contribution >= 0.6 is 11.8 Å². The topological polar surface area (TPSA) is 12.0 Å². The van der Waals surface area contributed by atoms with E-state index in [-0.39, 0.29) is 0 Å². The molecule has 0 saturated heterocycles. The van der Waals surface area contributed by atoms with Crippen molar-refractivity contribution < 1.29 is 0 Å². The molecule has 0 saturated carbocycles. The first kappa shape index (κ1) is 13.5. The molecule has 1 aromatic carbocycles. The van der Waals surface area contributed by atoms with Gasteiger partial charge in [0.25, 0.3) is 0 Å². The first-order valence-electron chi connectivity index (χ1n) is 6.73. The van der Waals surface area contributed by atoms with Gasteiger partial charge in [-0.3, -0.25) is 0 Å². The van der Waals surface area contributed by atoms with E-state index in [0.29, 0.717) is 0 Å². The SMILES string of the molecule is CSc1ccccc1NCC1CC(C)=CC(C)C1. The maximum Gasteiger partial charge on any atom is 0.0478 e. The summed E-state index contributed by atoms with van der Waals surface area (Å²) in [4.78, 5) is 1.34. The second kappa shape index (κ2) is 6.33. The molecule has 0 aromatic heterocycles. The summed E-state index contributed by atoms with van der Waals surface area (Å²) in [6.07, 6.45) is 7.12. The maximum atomic E-state index is 3.63. The average molecular weight is 261 g/mol. The summed E-state index contributed by atoms with van der Waals surface area (Å²) in [5.74, 6) is 1.52. The number of anilines is 1. The van der Waals surface area contributed by atoms with Crippen LogP contribution in [0.1, 0.15) is 26.7 Å². The van der Waals surface area contributed by atoms with Gasteiger partial charge >= 0.3 is 0 Å². The number of thioether (sulfide) groups is 1. The number of hydrogen-bond donors (Lipinski definition) is 1. The highest BCUT2D eigenvalue weighted by Gasteiger charge is 2.17. The number of allylic oxidation sites excluding steroid dienone is 2. The van der Waals surface area contributed by atoms with Crippen LogP contribution in [0.15, 0.2) is 40.8 Å². The lowest BCUT2D eigenvalue weighted by molar-refractivity contribution is 0.421. The highest BCUT2D eigenvalue weighted by atomic mass is 32.2. The van der Waals surface area contributed by atoms with E-state index in [1.807, 2.05) is 11.8 Å². The third kappa shape index (κ3) is 3.55. The van der Waals surface area contributed by atoms with Gasteiger partial charge in [0.2, 0.25) is 0 Å². The van der Waals surface area contributed by atoms with Crippen molar-refractivity contribution in [2.45, 2.75) is 31.6 Å². The molecule has 1 N–H and O–H groups in total. The first-order chi connectivity index (χ1) is 8.69. The summed E-state index contributed by atoms with van der Waals surface area (Å²) in [6.45, 7) is 5.68. The Balaban J connectivity index is 1.94. The monoisotopic (exact) mass is 261 g/mol. The number of para-hydroxylation sites is 1. The third-order valence-electron chi connectivity index (χ3n) is 3.57. The van der Waals surface area contributed by atoms with Crippen molar-refractivity contribution in [1.29, 1.82) is 0 Å². The van der Waals surface area contributed by atoms with E-state index in [0.717, 1.165) is 18.4 Å². The van der Waals surface area contributed by atoms with Gasteiger partial charge in [-0.15, -0.1) is 11.8 Å². The molecule has 1 aliphatic rings. The first-order valence-corrected chi connectivity index (χ1v) is 7.95. The van der Waals surface area contributed by atoms with Gasteiger partial charge in [-0.2, -0.15) is 0 Å². The molecule has 2 rings (SSSR count). The molecule has 1 nitrogen and oxygen atoms in total. The van der Waals surface area contributed by atoms with Crippen molar-refractivity contribution in [2.24, 2.45) is 11.8 Å². The average Bonchev–Trinajstić information content (AvgIpc) is 2.35. The summed E-state index contributed by atoms with van der Waals surface area (Å²) < 4.78 is 0. The summed E-state index contributed by atoms with van der Waals surface area (Å²) in [5, 5.41) is 3.63. The molecule has 0 aliphatic heterocycles. The van der Waals surface area contributed by atoms with Crippen LogP contribution < -0.4 is 5.32 Å². The lowest BCUT2D eigenvalue weighted by Gasteiger charge is -2.26. The predicted molar refractivity (Wildman–Crippen MR) is 82.4 cm³/mol. The predicted octanol–water partition coefficient (Wildman–Crippen LogP) is 4.81. The van der Waals surface area contributed by atoms with Crippen LogP contribution in [0.3, 0.4) is 0 Å². The number of benzene rings is 1. The van der Waals surface area contributed by atoms with Crippen LogP contribution in [0.2, 0.25) is 0 Å². The van der Waals surface area contributed by atoms with Gasteiger partial charge in [0, 0.05) is 17.1 Å². The molecule has 0 amide bonds. The Hall–Kier alpha value is -0.890.